The second-order valence-electron chi connectivity index (χ2n) is 12.5. The minimum atomic E-state index is -0.341. The van der Waals surface area contributed by atoms with E-state index in [1.165, 1.54) is 23.3 Å². The van der Waals surface area contributed by atoms with Crippen molar-refractivity contribution in [1.29, 1.82) is 0 Å². The molecule has 0 amide bonds. The minimum absolute atomic E-state index is 0.0658. The Labute approximate surface area is 265 Å². The van der Waals surface area contributed by atoms with Gasteiger partial charge in [-0.3, -0.25) is 30.2 Å². The van der Waals surface area contributed by atoms with Crippen molar-refractivity contribution in [2.75, 3.05) is 0 Å². The normalized spacial score (nSPS) is 17.4. The zero-order valence-electron chi connectivity index (χ0n) is 25.1. The highest BCUT2D eigenvalue weighted by Crippen LogP contribution is 2.45. The molecule has 2 aliphatic rings. The SMILES string of the molecule is O=[N+]([O-])c1ccc2nc3c(c(-c4ccccc4)c2c1)CC(C1CCc2nc4ccc([N+](=O)[O-])cc4c(-c4ccccc4)c2C1)CC3. The van der Waals surface area contributed by atoms with Crippen molar-refractivity contribution in [3.63, 3.8) is 0 Å². The maximum absolute atomic E-state index is 11.8. The molecule has 0 fully saturated rings. The lowest BCUT2D eigenvalue weighted by Crippen LogP contribution is -2.29. The lowest BCUT2D eigenvalue weighted by Gasteiger charge is -2.36. The number of nitro groups is 2. The number of aryl methyl sites for hydroxylation is 2. The third kappa shape index (κ3) is 4.77. The molecular formula is C38H30N4O4. The number of pyridine rings is 2. The van der Waals surface area contributed by atoms with Crippen LogP contribution >= 0.6 is 0 Å². The Morgan fingerprint density at radius 1 is 0.565 bits per heavy atom. The highest BCUT2D eigenvalue weighted by atomic mass is 16.6. The Kier molecular flexibility index (Phi) is 6.78. The number of nitro benzene ring substituents is 2. The zero-order valence-corrected chi connectivity index (χ0v) is 25.1. The molecule has 2 aliphatic carbocycles. The van der Waals surface area contributed by atoms with Crippen molar-refractivity contribution in [1.82, 2.24) is 9.97 Å². The van der Waals surface area contributed by atoms with E-state index in [1.807, 2.05) is 36.4 Å². The van der Waals surface area contributed by atoms with Crippen LogP contribution in [0.2, 0.25) is 0 Å². The highest BCUT2D eigenvalue weighted by Gasteiger charge is 2.34. The van der Waals surface area contributed by atoms with Gasteiger partial charge >= 0.3 is 0 Å². The molecule has 0 saturated heterocycles. The van der Waals surface area contributed by atoms with Crippen LogP contribution in [0.3, 0.4) is 0 Å². The van der Waals surface area contributed by atoms with Gasteiger partial charge in [0, 0.05) is 46.4 Å². The maximum Gasteiger partial charge on any atom is 0.270 e. The van der Waals surface area contributed by atoms with E-state index < -0.39 is 0 Å². The van der Waals surface area contributed by atoms with Crippen molar-refractivity contribution < 1.29 is 9.85 Å². The molecule has 4 aromatic carbocycles. The largest absolute Gasteiger partial charge is 0.270 e. The summed E-state index contributed by atoms with van der Waals surface area (Å²) in [7, 11) is 0. The van der Waals surface area contributed by atoms with Gasteiger partial charge in [-0.15, -0.1) is 0 Å². The van der Waals surface area contributed by atoms with Crippen LogP contribution in [0.4, 0.5) is 11.4 Å². The number of benzene rings is 4. The predicted octanol–water partition coefficient (Wildman–Crippen LogP) is 8.84. The summed E-state index contributed by atoms with van der Waals surface area (Å²) in [5, 5.41) is 25.1. The van der Waals surface area contributed by atoms with E-state index in [2.05, 4.69) is 24.3 Å². The summed E-state index contributed by atoms with van der Waals surface area (Å²) in [5.74, 6) is 0.788. The first-order chi connectivity index (χ1) is 22.4. The molecular weight excluding hydrogens is 576 g/mol. The first kappa shape index (κ1) is 28.0. The topological polar surface area (TPSA) is 112 Å². The Balaban J connectivity index is 1.23. The molecule has 8 heteroatoms. The van der Waals surface area contributed by atoms with Gasteiger partial charge in [0.25, 0.3) is 11.4 Å². The summed E-state index contributed by atoms with van der Waals surface area (Å²) in [5.41, 5.74) is 10.4. The minimum Gasteiger partial charge on any atom is -0.258 e. The summed E-state index contributed by atoms with van der Waals surface area (Å²) in [4.78, 5) is 32.9. The summed E-state index contributed by atoms with van der Waals surface area (Å²) in [6.07, 6.45) is 5.42. The number of hydrogen-bond donors (Lipinski definition) is 0. The first-order valence-corrected chi connectivity index (χ1v) is 15.7. The number of hydrogen-bond acceptors (Lipinski definition) is 6. The highest BCUT2D eigenvalue weighted by molar-refractivity contribution is 5.99. The monoisotopic (exact) mass is 606 g/mol. The molecule has 0 bridgehead atoms. The van der Waals surface area contributed by atoms with E-state index in [1.54, 1.807) is 24.3 Å². The summed E-state index contributed by atoms with van der Waals surface area (Å²) in [6.45, 7) is 0. The van der Waals surface area contributed by atoms with Crippen molar-refractivity contribution in [2.24, 2.45) is 11.8 Å². The van der Waals surface area contributed by atoms with Crippen LogP contribution < -0.4 is 0 Å². The molecule has 0 spiro atoms. The van der Waals surface area contributed by atoms with Gasteiger partial charge in [-0.05, 0) is 95.9 Å². The fourth-order valence-electron chi connectivity index (χ4n) is 7.81. The van der Waals surface area contributed by atoms with E-state index in [0.717, 1.165) is 94.0 Å². The lowest BCUT2D eigenvalue weighted by atomic mass is 9.69. The van der Waals surface area contributed by atoms with Crippen LogP contribution in [0.15, 0.2) is 97.1 Å². The van der Waals surface area contributed by atoms with E-state index in [-0.39, 0.29) is 21.2 Å². The molecule has 2 heterocycles. The number of nitrogens with zero attached hydrogens (tertiary/aromatic N) is 4. The average molecular weight is 607 g/mol. The van der Waals surface area contributed by atoms with Gasteiger partial charge in [-0.25, -0.2) is 0 Å². The maximum atomic E-state index is 11.8. The fourth-order valence-corrected chi connectivity index (χ4v) is 7.81. The predicted molar refractivity (Wildman–Crippen MR) is 179 cm³/mol. The Bertz CT molecular complexity index is 2030. The van der Waals surface area contributed by atoms with Crippen LogP contribution in [0.1, 0.15) is 35.4 Å². The van der Waals surface area contributed by atoms with Crippen LogP contribution in [0, 0.1) is 32.1 Å². The molecule has 226 valence electrons. The fraction of sp³-hybridized carbons (Fsp3) is 0.211. The van der Waals surface area contributed by atoms with Gasteiger partial charge in [-0.2, -0.15) is 0 Å². The molecule has 0 N–H and O–H groups in total. The van der Waals surface area contributed by atoms with Gasteiger partial charge < -0.3 is 0 Å². The molecule has 46 heavy (non-hydrogen) atoms. The standard InChI is InChI=1S/C38H30N4O4/c43-41(44)27-13-17-35-31(21-27)37(23-7-3-1-4-8-23)29-19-25(11-15-33(29)39-35)26-12-16-34-30(20-26)38(24-9-5-2-6-10-24)32-22-28(42(45)46)14-18-36(32)40-34/h1-10,13-14,17-18,21-22,25-26H,11-12,15-16,19-20H2. The van der Waals surface area contributed by atoms with Gasteiger partial charge in [0.1, 0.15) is 0 Å². The number of rotatable bonds is 5. The third-order valence-corrected chi connectivity index (χ3v) is 9.96. The van der Waals surface area contributed by atoms with Crippen molar-refractivity contribution >= 4 is 33.2 Å². The number of non-ortho nitro benzene ring substituents is 2. The van der Waals surface area contributed by atoms with Gasteiger partial charge in [0.05, 0.1) is 20.9 Å². The summed E-state index contributed by atoms with van der Waals surface area (Å²) in [6, 6.07) is 30.3. The quantitative estimate of drug-likeness (QED) is 0.143. The lowest BCUT2D eigenvalue weighted by molar-refractivity contribution is -0.384. The number of aromatic nitrogens is 2. The van der Waals surface area contributed by atoms with Crippen LogP contribution in [-0.4, -0.2) is 19.8 Å². The molecule has 2 aromatic heterocycles. The Morgan fingerprint density at radius 3 is 1.37 bits per heavy atom. The van der Waals surface area contributed by atoms with Crippen molar-refractivity contribution in [3.8, 4) is 22.3 Å². The average Bonchev–Trinajstić information content (AvgIpc) is 3.09. The van der Waals surface area contributed by atoms with Crippen LogP contribution in [0.5, 0.6) is 0 Å². The van der Waals surface area contributed by atoms with Crippen LogP contribution in [0.25, 0.3) is 44.1 Å². The molecule has 2 atom stereocenters. The van der Waals surface area contributed by atoms with Gasteiger partial charge in [0.15, 0.2) is 0 Å². The number of fused-ring (bicyclic) bond motifs is 4. The molecule has 0 saturated carbocycles. The molecule has 0 aliphatic heterocycles. The molecule has 6 aromatic rings. The Hall–Kier alpha value is -5.50. The molecule has 2 unspecified atom stereocenters. The van der Waals surface area contributed by atoms with Crippen molar-refractivity contribution in [3.05, 3.63) is 140 Å². The third-order valence-electron chi connectivity index (χ3n) is 9.96. The van der Waals surface area contributed by atoms with E-state index in [9.17, 15) is 20.2 Å². The van der Waals surface area contributed by atoms with E-state index >= 15 is 0 Å². The van der Waals surface area contributed by atoms with E-state index in [0.29, 0.717) is 11.8 Å². The van der Waals surface area contributed by atoms with Crippen molar-refractivity contribution in [2.45, 2.75) is 38.5 Å². The molecule has 0 radical (unpaired) electrons. The van der Waals surface area contributed by atoms with Gasteiger partial charge in [0.2, 0.25) is 0 Å². The van der Waals surface area contributed by atoms with Crippen LogP contribution in [-0.2, 0) is 25.7 Å². The van der Waals surface area contributed by atoms with Gasteiger partial charge in [-0.1, -0.05) is 60.7 Å². The second kappa shape index (κ2) is 11.1. The Morgan fingerprint density at radius 2 is 0.978 bits per heavy atom. The van der Waals surface area contributed by atoms with E-state index in [4.69, 9.17) is 9.97 Å². The first-order valence-electron chi connectivity index (χ1n) is 15.7. The molecule has 8 nitrogen and oxygen atoms in total. The summed E-state index contributed by atoms with van der Waals surface area (Å²) >= 11 is 0. The smallest absolute Gasteiger partial charge is 0.258 e. The molecule has 8 rings (SSSR count). The zero-order chi connectivity index (χ0) is 31.4. The summed E-state index contributed by atoms with van der Waals surface area (Å²) < 4.78 is 0. The second-order valence-corrected chi connectivity index (χ2v) is 12.5.